The molecule has 142 valence electrons. The van der Waals surface area contributed by atoms with Gasteiger partial charge in [-0.25, -0.2) is 4.39 Å². The van der Waals surface area contributed by atoms with Crippen molar-refractivity contribution >= 4 is 44.8 Å². The Morgan fingerprint density at radius 3 is 2.62 bits per heavy atom. The fourth-order valence-corrected chi connectivity index (χ4v) is 4.74. The van der Waals surface area contributed by atoms with Crippen LogP contribution in [-0.4, -0.2) is 21.4 Å². The standard InChI is InChI=1S/C23H16FN3O2/c24-13-8-12-4-3-7-27-11-17(15(9-13)21(12)27)20-19(22(28)26-23(20)29)16-10-25-18-6-2-1-5-14(16)18/h1-2,5-6,8-11,25H,3-4,7H2,(H,26,28,29). The zero-order valence-corrected chi connectivity index (χ0v) is 15.4. The SMILES string of the molecule is O=C1NC(=O)C(c2cn3c4c(cc(F)cc24)CCC3)=C1c1c[nH]c2ccccc12. The second-order valence-corrected chi connectivity index (χ2v) is 7.58. The van der Waals surface area contributed by atoms with Crippen LogP contribution >= 0.6 is 0 Å². The molecule has 6 rings (SSSR count). The molecule has 2 aromatic carbocycles. The van der Waals surface area contributed by atoms with E-state index >= 15 is 0 Å². The first-order valence-electron chi connectivity index (χ1n) is 9.60. The monoisotopic (exact) mass is 385 g/mol. The van der Waals surface area contributed by atoms with Crippen molar-refractivity contribution in [2.45, 2.75) is 19.4 Å². The Kier molecular flexibility index (Phi) is 3.19. The number of nitrogens with zero attached hydrogens (tertiary/aromatic N) is 1. The van der Waals surface area contributed by atoms with E-state index in [1.54, 1.807) is 12.3 Å². The average molecular weight is 385 g/mol. The summed E-state index contributed by atoms with van der Waals surface area (Å²) in [5.74, 6) is -1.20. The molecule has 2 aliphatic rings. The molecule has 2 aliphatic heterocycles. The van der Waals surface area contributed by atoms with Crippen molar-refractivity contribution in [2.24, 2.45) is 0 Å². The van der Waals surface area contributed by atoms with Crippen LogP contribution < -0.4 is 5.32 Å². The van der Waals surface area contributed by atoms with Crippen LogP contribution in [0.4, 0.5) is 4.39 Å². The number of halogens is 1. The molecule has 0 fully saturated rings. The number of aromatic amines is 1. The van der Waals surface area contributed by atoms with Crippen molar-refractivity contribution in [3.63, 3.8) is 0 Å². The zero-order valence-electron chi connectivity index (χ0n) is 15.4. The van der Waals surface area contributed by atoms with Gasteiger partial charge in [-0.05, 0) is 36.6 Å². The molecule has 29 heavy (non-hydrogen) atoms. The van der Waals surface area contributed by atoms with E-state index in [-0.39, 0.29) is 5.82 Å². The van der Waals surface area contributed by atoms with E-state index in [1.165, 1.54) is 6.07 Å². The Morgan fingerprint density at radius 1 is 0.966 bits per heavy atom. The minimum Gasteiger partial charge on any atom is -0.361 e. The third-order valence-corrected chi connectivity index (χ3v) is 5.92. The first-order chi connectivity index (χ1) is 14.1. The van der Waals surface area contributed by atoms with Gasteiger partial charge in [0.2, 0.25) is 0 Å². The predicted octanol–water partition coefficient (Wildman–Crippen LogP) is 3.78. The van der Waals surface area contributed by atoms with Gasteiger partial charge in [0.05, 0.1) is 16.7 Å². The lowest BCUT2D eigenvalue weighted by atomic mass is 9.94. The molecule has 2 aromatic heterocycles. The molecule has 4 heterocycles. The molecular formula is C23H16FN3O2. The zero-order chi connectivity index (χ0) is 19.7. The number of H-pyrrole nitrogens is 1. The maximum Gasteiger partial charge on any atom is 0.259 e. The fraction of sp³-hybridized carbons (Fsp3) is 0.130. The van der Waals surface area contributed by atoms with Gasteiger partial charge >= 0.3 is 0 Å². The van der Waals surface area contributed by atoms with Gasteiger partial charge in [0.15, 0.2) is 0 Å². The van der Waals surface area contributed by atoms with E-state index in [2.05, 4.69) is 14.9 Å². The number of nitrogens with one attached hydrogen (secondary N) is 2. The maximum absolute atomic E-state index is 14.3. The lowest BCUT2D eigenvalue weighted by Crippen LogP contribution is -2.22. The summed E-state index contributed by atoms with van der Waals surface area (Å²) >= 11 is 0. The van der Waals surface area contributed by atoms with E-state index in [4.69, 9.17) is 0 Å². The van der Waals surface area contributed by atoms with Gasteiger partial charge in [-0.15, -0.1) is 0 Å². The number of benzene rings is 2. The first kappa shape index (κ1) is 16.3. The van der Waals surface area contributed by atoms with Gasteiger partial charge in [0.25, 0.3) is 11.8 Å². The van der Waals surface area contributed by atoms with Crippen LogP contribution in [-0.2, 0) is 22.6 Å². The molecular weight excluding hydrogens is 369 g/mol. The van der Waals surface area contributed by atoms with Crippen molar-refractivity contribution in [1.82, 2.24) is 14.9 Å². The van der Waals surface area contributed by atoms with Crippen LogP contribution in [0.5, 0.6) is 0 Å². The third kappa shape index (κ3) is 2.20. The molecule has 0 spiro atoms. The normalized spacial score (nSPS) is 16.3. The highest BCUT2D eigenvalue weighted by molar-refractivity contribution is 6.50. The molecule has 0 atom stereocenters. The van der Waals surface area contributed by atoms with Gasteiger partial charge < -0.3 is 9.55 Å². The smallest absolute Gasteiger partial charge is 0.259 e. The summed E-state index contributed by atoms with van der Waals surface area (Å²) in [5, 5.41) is 3.98. The van der Waals surface area contributed by atoms with Gasteiger partial charge in [0, 0.05) is 46.4 Å². The summed E-state index contributed by atoms with van der Waals surface area (Å²) in [5.41, 5.74) is 4.69. The summed E-state index contributed by atoms with van der Waals surface area (Å²) < 4.78 is 16.4. The summed E-state index contributed by atoms with van der Waals surface area (Å²) in [4.78, 5) is 28.8. The van der Waals surface area contributed by atoms with Gasteiger partial charge in [-0.1, -0.05) is 18.2 Å². The minimum absolute atomic E-state index is 0.307. The van der Waals surface area contributed by atoms with Crippen LogP contribution in [0.1, 0.15) is 23.1 Å². The van der Waals surface area contributed by atoms with Crippen molar-refractivity contribution in [3.05, 3.63) is 71.3 Å². The first-order valence-corrected chi connectivity index (χ1v) is 9.60. The molecule has 2 amide bonds. The number of amides is 2. The number of hydrogen-bond donors (Lipinski definition) is 2. The number of hydrogen-bond acceptors (Lipinski definition) is 2. The van der Waals surface area contributed by atoms with Crippen molar-refractivity contribution in [2.75, 3.05) is 0 Å². The molecule has 0 saturated heterocycles. The molecule has 4 aromatic rings. The van der Waals surface area contributed by atoms with Gasteiger partial charge in [-0.2, -0.15) is 0 Å². The van der Waals surface area contributed by atoms with E-state index in [0.717, 1.165) is 41.4 Å². The molecule has 0 saturated carbocycles. The quantitative estimate of drug-likeness (QED) is 0.516. The maximum atomic E-state index is 14.3. The Labute approximate surface area is 164 Å². The lowest BCUT2D eigenvalue weighted by Gasteiger charge is -2.15. The highest BCUT2D eigenvalue weighted by atomic mass is 19.1. The second kappa shape index (κ2) is 5.67. The highest BCUT2D eigenvalue weighted by Crippen LogP contribution is 2.40. The Hall–Kier alpha value is -3.67. The van der Waals surface area contributed by atoms with Crippen LogP contribution in [0.3, 0.4) is 0 Å². The van der Waals surface area contributed by atoms with Crippen molar-refractivity contribution in [3.8, 4) is 0 Å². The Morgan fingerprint density at radius 2 is 1.76 bits per heavy atom. The predicted molar refractivity (Wildman–Crippen MR) is 108 cm³/mol. The minimum atomic E-state index is -0.445. The van der Waals surface area contributed by atoms with Crippen LogP contribution in [0, 0.1) is 5.82 Å². The number of carbonyl (C=O) groups excluding carboxylic acids is 2. The van der Waals surface area contributed by atoms with Gasteiger partial charge in [0.1, 0.15) is 5.82 Å². The second-order valence-electron chi connectivity index (χ2n) is 7.58. The van der Waals surface area contributed by atoms with Crippen molar-refractivity contribution < 1.29 is 14.0 Å². The highest BCUT2D eigenvalue weighted by Gasteiger charge is 2.35. The topological polar surface area (TPSA) is 66.9 Å². The summed E-state index contributed by atoms with van der Waals surface area (Å²) in [6.07, 6.45) is 5.35. The molecule has 5 nitrogen and oxygen atoms in total. The number of aryl methyl sites for hydroxylation is 2. The average Bonchev–Trinajstić information content (AvgIpc) is 3.36. The van der Waals surface area contributed by atoms with Crippen molar-refractivity contribution in [1.29, 1.82) is 0 Å². The Balaban J connectivity index is 1.70. The lowest BCUT2D eigenvalue weighted by molar-refractivity contribution is -0.122. The van der Waals surface area contributed by atoms with Crippen LogP contribution in [0.2, 0.25) is 0 Å². The summed E-state index contributed by atoms with van der Waals surface area (Å²) in [6, 6.07) is 10.7. The fourth-order valence-electron chi connectivity index (χ4n) is 4.74. The number of para-hydroxylation sites is 1. The van der Waals surface area contributed by atoms with E-state index in [0.29, 0.717) is 27.7 Å². The van der Waals surface area contributed by atoms with E-state index < -0.39 is 11.8 Å². The molecule has 0 bridgehead atoms. The number of fused-ring (bicyclic) bond motifs is 1. The molecule has 0 aliphatic carbocycles. The number of rotatable bonds is 2. The van der Waals surface area contributed by atoms with Crippen LogP contribution in [0.25, 0.3) is 33.0 Å². The Bertz CT molecular complexity index is 1410. The third-order valence-electron chi connectivity index (χ3n) is 5.92. The van der Waals surface area contributed by atoms with Gasteiger partial charge in [-0.3, -0.25) is 14.9 Å². The number of aromatic nitrogens is 2. The molecule has 0 radical (unpaired) electrons. The summed E-state index contributed by atoms with van der Waals surface area (Å²) in [6.45, 7) is 0.806. The molecule has 6 heteroatoms. The van der Waals surface area contributed by atoms with E-state index in [9.17, 15) is 14.0 Å². The number of imide groups is 1. The number of carbonyl (C=O) groups is 2. The van der Waals surface area contributed by atoms with Crippen LogP contribution in [0.15, 0.2) is 48.8 Å². The van der Waals surface area contributed by atoms with E-state index in [1.807, 2.05) is 30.5 Å². The molecule has 0 unspecified atom stereocenters. The molecule has 2 N–H and O–H groups in total. The largest absolute Gasteiger partial charge is 0.361 e. The summed E-state index contributed by atoms with van der Waals surface area (Å²) in [7, 11) is 0.